The van der Waals surface area contributed by atoms with Gasteiger partial charge in [0.1, 0.15) is 12.1 Å². The number of likely N-dealkylation sites (tertiary alicyclic amines) is 1. The van der Waals surface area contributed by atoms with Gasteiger partial charge in [0.15, 0.2) is 0 Å². The monoisotopic (exact) mass is 630 g/mol. The summed E-state index contributed by atoms with van der Waals surface area (Å²) in [6.07, 6.45) is 6.35. The number of fused-ring (bicyclic) bond motifs is 1. The van der Waals surface area contributed by atoms with Gasteiger partial charge in [0, 0.05) is 30.6 Å². The van der Waals surface area contributed by atoms with E-state index in [0.717, 1.165) is 30.7 Å². The molecule has 44 heavy (non-hydrogen) atoms. The lowest BCUT2D eigenvalue weighted by Crippen LogP contribution is -2.61. The van der Waals surface area contributed by atoms with E-state index in [9.17, 15) is 24.0 Å². The number of Topliss-reactive ketones (excluding diaryl/α,β-unsaturated/α-hetero) is 1. The zero-order valence-corrected chi connectivity index (χ0v) is 28.0. The molecule has 2 aliphatic carbocycles. The molecule has 0 aromatic carbocycles. The highest BCUT2D eigenvalue weighted by Gasteiger charge is 2.61. The molecule has 1 aliphatic heterocycles. The molecular weight excluding hydrogens is 580 g/mol. The zero-order chi connectivity index (χ0) is 32.6. The second-order valence-corrected chi connectivity index (χ2v) is 16.1. The predicted molar refractivity (Wildman–Crippen MR) is 168 cm³/mol. The molecule has 244 valence electrons. The molecule has 3 fully saturated rings. The van der Waals surface area contributed by atoms with Crippen molar-refractivity contribution in [2.45, 2.75) is 111 Å². The van der Waals surface area contributed by atoms with Gasteiger partial charge in [-0.15, -0.1) is 11.3 Å². The van der Waals surface area contributed by atoms with Crippen LogP contribution < -0.4 is 21.7 Å². The van der Waals surface area contributed by atoms with Crippen LogP contribution in [-0.4, -0.2) is 70.1 Å². The van der Waals surface area contributed by atoms with Crippen LogP contribution in [0.15, 0.2) is 11.6 Å². The standard InChI is InChI=1S/C32H50N6O5S/c1-17(2)21(14-23-34-11-12-44-23)36-30(43)37-26(31(3,4)5)29(42)38-16-20-19(15-32(20,6)7)24(38)28(41)35-22(25(39)27(33)40)13-18-9-8-10-18/h11-12,17-22,24,26H,8-10,13-16H2,1-7H3,(H2,33,40)(H,35,41)(H2,36,37,43)/t19-,20-,21+,22?,24?,26+/m0/s1. The van der Waals surface area contributed by atoms with E-state index in [1.807, 2.05) is 40.0 Å². The first-order chi connectivity index (χ1) is 20.5. The maximum Gasteiger partial charge on any atom is 0.315 e. The minimum Gasteiger partial charge on any atom is -0.363 e. The van der Waals surface area contributed by atoms with Crippen LogP contribution in [0.25, 0.3) is 0 Å². The lowest BCUT2D eigenvalue weighted by molar-refractivity contribution is -0.144. The summed E-state index contributed by atoms with van der Waals surface area (Å²) in [6, 6.07) is -3.38. The Kier molecular flexibility index (Phi) is 10.1. The fourth-order valence-corrected chi connectivity index (χ4v) is 7.70. The summed E-state index contributed by atoms with van der Waals surface area (Å²) in [5.41, 5.74) is 4.62. The van der Waals surface area contributed by atoms with Crippen LogP contribution in [0.2, 0.25) is 0 Å². The third-order valence-corrected chi connectivity index (χ3v) is 10.8. The lowest BCUT2D eigenvalue weighted by Gasteiger charge is -2.48. The average molecular weight is 631 g/mol. The van der Waals surface area contributed by atoms with Gasteiger partial charge in [-0.3, -0.25) is 19.2 Å². The molecule has 3 aliphatic rings. The number of hydrogen-bond donors (Lipinski definition) is 4. The molecule has 1 aromatic rings. The van der Waals surface area contributed by atoms with Crippen molar-refractivity contribution >= 4 is 40.9 Å². The van der Waals surface area contributed by atoms with Gasteiger partial charge >= 0.3 is 6.03 Å². The highest BCUT2D eigenvalue weighted by atomic mass is 32.1. The lowest BCUT2D eigenvalue weighted by atomic mass is 9.55. The van der Waals surface area contributed by atoms with E-state index in [2.05, 4.69) is 34.8 Å². The first-order valence-corrected chi connectivity index (χ1v) is 16.8. The number of thiazole rings is 1. The number of rotatable bonds is 12. The summed E-state index contributed by atoms with van der Waals surface area (Å²) in [7, 11) is 0. The van der Waals surface area contributed by atoms with Crippen molar-refractivity contribution in [1.29, 1.82) is 0 Å². The largest absolute Gasteiger partial charge is 0.363 e. The van der Waals surface area contributed by atoms with Gasteiger partial charge in [0.05, 0.1) is 11.0 Å². The molecule has 0 spiro atoms. The van der Waals surface area contributed by atoms with E-state index in [1.54, 1.807) is 11.1 Å². The second kappa shape index (κ2) is 13.1. The van der Waals surface area contributed by atoms with Crippen molar-refractivity contribution in [3.8, 4) is 0 Å². The molecule has 11 nitrogen and oxygen atoms in total. The Balaban J connectivity index is 1.53. The third-order valence-electron chi connectivity index (χ3n) is 10.0. The van der Waals surface area contributed by atoms with Crippen LogP contribution in [0.4, 0.5) is 4.79 Å². The summed E-state index contributed by atoms with van der Waals surface area (Å²) >= 11 is 1.53. The number of amides is 5. The Hall–Kier alpha value is -3.02. The van der Waals surface area contributed by atoms with Crippen LogP contribution in [-0.2, 0) is 25.6 Å². The molecule has 12 heteroatoms. The van der Waals surface area contributed by atoms with Gasteiger partial charge in [0.2, 0.25) is 17.6 Å². The van der Waals surface area contributed by atoms with Gasteiger partial charge in [0.25, 0.3) is 5.91 Å². The quantitative estimate of drug-likeness (QED) is 0.260. The maximum absolute atomic E-state index is 14.4. The summed E-state index contributed by atoms with van der Waals surface area (Å²) in [5, 5.41) is 11.6. The molecule has 5 amide bonds. The van der Waals surface area contributed by atoms with Gasteiger partial charge in [-0.1, -0.05) is 67.7 Å². The average Bonchev–Trinajstić information content (AvgIpc) is 3.52. The van der Waals surface area contributed by atoms with Crippen LogP contribution in [0.3, 0.4) is 0 Å². The SMILES string of the molecule is CC(C)[C@@H](Cc1nccs1)NC(=O)N[C@H](C(=O)N1C[C@H]2[C@H](CC2(C)C)C1C(=O)NC(CC1CCC1)C(=O)C(N)=O)C(C)(C)C. The molecule has 1 saturated heterocycles. The Bertz CT molecular complexity index is 1240. The van der Waals surface area contributed by atoms with Crippen molar-refractivity contribution in [3.05, 3.63) is 16.6 Å². The summed E-state index contributed by atoms with van der Waals surface area (Å²) < 4.78 is 0. The van der Waals surface area contributed by atoms with Gasteiger partial charge in [-0.2, -0.15) is 0 Å². The molecule has 0 bridgehead atoms. The Morgan fingerprint density at radius 1 is 1.11 bits per heavy atom. The van der Waals surface area contributed by atoms with Crippen molar-refractivity contribution in [2.24, 2.45) is 40.2 Å². The zero-order valence-electron chi connectivity index (χ0n) is 27.1. The highest BCUT2D eigenvalue weighted by Crippen LogP contribution is 2.57. The van der Waals surface area contributed by atoms with Crippen molar-refractivity contribution in [2.75, 3.05) is 6.54 Å². The fourth-order valence-electron chi connectivity index (χ4n) is 7.03. The van der Waals surface area contributed by atoms with Crippen molar-refractivity contribution < 1.29 is 24.0 Å². The number of carbonyl (C=O) groups is 5. The number of carbonyl (C=O) groups excluding carboxylic acids is 5. The van der Waals surface area contributed by atoms with Crippen LogP contribution in [0.5, 0.6) is 0 Å². The Morgan fingerprint density at radius 3 is 2.30 bits per heavy atom. The van der Waals surface area contributed by atoms with Crippen molar-refractivity contribution in [1.82, 2.24) is 25.8 Å². The van der Waals surface area contributed by atoms with E-state index in [4.69, 9.17) is 5.73 Å². The third kappa shape index (κ3) is 7.43. The molecule has 2 unspecified atom stereocenters. The first kappa shape index (κ1) is 33.9. The maximum atomic E-state index is 14.4. The van der Waals surface area contributed by atoms with Crippen molar-refractivity contribution in [3.63, 3.8) is 0 Å². The number of primary amides is 1. The topological polar surface area (TPSA) is 164 Å². The number of nitrogens with two attached hydrogens (primary N) is 1. The molecular formula is C32H50N6O5S. The smallest absolute Gasteiger partial charge is 0.315 e. The molecule has 1 aromatic heterocycles. The van der Waals surface area contributed by atoms with Crippen LogP contribution >= 0.6 is 11.3 Å². The summed E-state index contributed by atoms with van der Waals surface area (Å²) in [5.74, 6) is -2.27. The number of nitrogens with one attached hydrogen (secondary N) is 3. The number of urea groups is 1. The molecule has 4 rings (SSSR count). The summed E-state index contributed by atoms with van der Waals surface area (Å²) in [6.45, 7) is 14.3. The van der Waals surface area contributed by atoms with Gasteiger partial charge in [-0.05, 0) is 47.3 Å². The molecule has 5 N–H and O–H groups in total. The Labute approximate surface area is 264 Å². The minimum absolute atomic E-state index is 0.0606. The van der Waals surface area contributed by atoms with E-state index < -0.39 is 47.2 Å². The molecule has 0 radical (unpaired) electrons. The number of nitrogens with zero attached hydrogens (tertiary/aromatic N) is 2. The number of aromatic nitrogens is 1. The van der Waals surface area contributed by atoms with E-state index in [0.29, 0.717) is 19.4 Å². The minimum atomic E-state index is -1.07. The number of ketones is 1. The first-order valence-electron chi connectivity index (χ1n) is 15.9. The van der Waals surface area contributed by atoms with Crippen LogP contribution in [0, 0.1) is 34.5 Å². The molecule has 2 saturated carbocycles. The second-order valence-electron chi connectivity index (χ2n) is 15.1. The van der Waals surface area contributed by atoms with E-state index in [-0.39, 0.29) is 41.0 Å². The molecule has 2 heterocycles. The van der Waals surface area contributed by atoms with Crippen LogP contribution in [0.1, 0.15) is 85.6 Å². The van der Waals surface area contributed by atoms with E-state index >= 15 is 0 Å². The van der Waals surface area contributed by atoms with E-state index in [1.165, 1.54) is 11.3 Å². The summed E-state index contributed by atoms with van der Waals surface area (Å²) in [4.78, 5) is 72.2. The van der Waals surface area contributed by atoms with Gasteiger partial charge < -0.3 is 26.6 Å². The molecule has 6 atom stereocenters. The highest BCUT2D eigenvalue weighted by molar-refractivity contribution is 7.09. The predicted octanol–water partition coefficient (Wildman–Crippen LogP) is 3.03. The number of hydrogen-bond acceptors (Lipinski definition) is 7. The Morgan fingerprint density at radius 2 is 1.80 bits per heavy atom. The normalized spacial score (nSPS) is 24.7. The fraction of sp³-hybridized carbons (Fsp3) is 0.750. The van der Waals surface area contributed by atoms with Gasteiger partial charge in [-0.25, -0.2) is 9.78 Å².